The lowest BCUT2D eigenvalue weighted by molar-refractivity contribution is -0.144. The Hall–Kier alpha value is -2.49. The Bertz CT molecular complexity index is 700. The van der Waals surface area contributed by atoms with Gasteiger partial charge in [-0.15, -0.1) is 0 Å². The van der Waals surface area contributed by atoms with Gasteiger partial charge in [0.25, 0.3) is 0 Å². The van der Waals surface area contributed by atoms with E-state index in [9.17, 15) is 9.59 Å². The molecule has 3 nitrogen and oxygen atoms in total. The maximum atomic E-state index is 15.5. The van der Waals surface area contributed by atoms with Gasteiger partial charge in [-0.05, 0) is 24.0 Å². The Morgan fingerprint density at radius 1 is 1.00 bits per heavy atom. The van der Waals surface area contributed by atoms with Crippen molar-refractivity contribution in [1.29, 1.82) is 0 Å². The Morgan fingerprint density at radius 3 is 2.23 bits per heavy atom. The zero-order valence-corrected chi connectivity index (χ0v) is 15.1. The first-order valence-electron chi connectivity index (χ1n) is 9.03. The second-order valence-electron chi connectivity index (χ2n) is 6.33. The Balaban J connectivity index is 1.92. The predicted octanol–water partition coefficient (Wildman–Crippen LogP) is 4.79. The van der Waals surface area contributed by atoms with E-state index in [1.807, 2.05) is 37.3 Å². The number of carbonyl (C=O) groups is 2. The minimum Gasteiger partial charge on any atom is -0.465 e. The maximum Gasteiger partial charge on any atom is 0.310 e. The summed E-state index contributed by atoms with van der Waals surface area (Å²) < 4.78 is 20.6. The van der Waals surface area contributed by atoms with Crippen molar-refractivity contribution in [2.75, 3.05) is 6.61 Å². The van der Waals surface area contributed by atoms with Crippen molar-refractivity contribution in [1.82, 2.24) is 0 Å². The van der Waals surface area contributed by atoms with Crippen LogP contribution in [0, 0.1) is 0 Å². The topological polar surface area (TPSA) is 43.4 Å². The van der Waals surface area contributed by atoms with Crippen LogP contribution in [0.1, 0.15) is 43.7 Å². The average Bonchev–Trinajstić information content (AvgIpc) is 2.67. The lowest BCUT2D eigenvalue weighted by Crippen LogP contribution is -2.32. The van der Waals surface area contributed by atoms with Crippen molar-refractivity contribution in [2.24, 2.45) is 0 Å². The second kappa shape index (κ2) is 9.85. The van der Waals surface area contributed by atoms with Gasteiger partial charge in [0, 0.05) is 6.42 Å². The first-order chi connectivity index (χ1) is 12.6. The molecule has 0 bridgehead atoms. The highest BCUT2D eigenvalue weighted by Gasteiger charge is 2.39. The van der Waals surface area contributed by atoms with Gasteiger partial charge in [-0.2, -0.15) is 0 Å². The Kier molecular flexibility index (Phi) is 7.52. The van der Waals surface area contributed by atoms with Crippen molar-refractivity contribution in [3.8, 4) is 0 Å². The van der Waals surface area contributed by atoms with Crippen molar-refractivity contribution in [3.63, 3.8) is 0 Å². The van der Waals surface area contributed by atoms with Crippen molar-refractivity contribution in [3.05, 3.63) is 71.8 Å². The second-order valence-corrected chi connectivity index (χ2v) is 6.33. The summed E-state index contributed by atoms with van der Waals surface area (Å²) in [5.41, 5.74) is -0.812. The predicted molar refractivity (Wildman–Crippen MR) is 99.5 cm³/mol. The number of ether oxygens (including phenoxy) is 1. The first-order valence-corrected chi connectivity index (χ1v) is 9.03. The van der Waals surface area contributed by atoms with Gasteiger partial charge in [-0.3, -0.25) is 9.59 Å². The average molecular weight is 356 g/mol. The zero-order valence-electron chi connectivity index (χ0n) is 15.1. The fourth-order valence-corrected chi connectivity index (χ4v) is 2.84. The molecular weight excluding hydrogens is 331 g/mol. The van der Waals surface area contributed by atoms with Gasteiger partial charge in [0.2, 0.25) is 0 Å². The third kappa shape index (κ3) is 5.51. The number of esters is 1. The van der Waals surface area contributed by atoms with Crippen LogP contribution in [0.2, 0.25) is 0 Å². The van der Waals surface area contributed by atoms with Gasteiger partial charge in [-0.1, -0.05) is 74.0 Å². The smallest absolute Gasteiger partial charge is 0.310 e. The molecule has 2 aromatic rings. The highest BCUT2D eigenvalue weighted by molar-refractivity contribution is 5.88. The minimum absolute atomic E-state index is 0.102. The van der Waals surface area contributed by atoms with Gasteiger partial charge < -0.3 is 4.74 Å². The molecule has 2 aromatic carbocycles. The SMILES string of the molecule is CCCCC(F)(C(=O)CCOC(=O)Cc1ccccc1)c1ccccc1. The number of alkyl halides is 1. The third-order valence-corrected chi connectivity index (χ3v) is 4.33. The largest absolute Gasteiger partial charge is 0.465 e. The van der Waals surface area contributed by atoms with E-state index in [1.54, 1.807) is 30.3 Å². The molecule has 1 unspecified atom stereocenters. The minimum atomic E-state index is -2.02. The molecule has 0 aliphatic rings. The molecule has 26 heavy (non-hydrogen) atoms. The lowest BCUT2D eigenvalue weighted by Gasteiger charge is -2.24. The summed E-state index contributed by atoms with van der Waals surface area (Å²) >= 11 is 0. The van der Waals surface area contributed by atoms with Crippen molar-refractivity contribution < 1.29 is 18.7 Å². The summed E-state index contributed by atoms with van der Waals surface area (Å²) in [5, 5.41) is 0. The van der Waals surface area contributed by atoms with Crippen molar-refractivity contribution >= 4 is 11.8 Å². The molecule has 0 spiro atoms. The number of Topliss-reactive ketones (excluding diaryl/α,β-unsaturated/α-hetero) is 1. The molecule has 4 heteroatoms. The molecule has 0 amide bonds. The van der Waals surface area contributed by atoms with Gasteiger partial charge >= 0.3 is 5.97 Å². The van der Waals surface area contributed by atoms with Gasteiger partial charge in [0.1, 0.15) is 0 Å². The first kappa shape index (κ1) is 19.8. The number of carbonyl (C=O) groups excluding carboxylic acids is 2. The molecule has 0 fully saturated rings. The van der Waals surface area contributed by atoms with Crippen LogP contribution in [0.25, 0.3) is 0 Å². The Morgan fingerprint density at radius 2 is 1.62 bits per heavy atom. The third-order valence-electron chi connectivity index (χ3n) is 4.33. The van der Waals surface area contributed by atoms with Gasteiger partial charge in [-0.25, -0.2) is 4.39 Å². The lowest BCUT2D eigenvalue weighted by atomic mass is 9.85. The fourth-order valence-electron chi connectivity index (χ4n) is 2.84. The number of hydrogen-bond donors (Lipinski definition) is 0. The number of benzene rings is 2. The standard InChI is InChI=1S/C22H25FO3/c1-2-3-15-22(23,19-12-8-5-9-13-19)20(24)14-16-26-21(25)17-18-10-6-4-7-11-18/h4-13H,2-3,14-17H2,1H3. The van der Waals surface area contributed by atoms with Crippen LogP contribution in [0.3, 0.4) is 0 Å². The summed E-state index contributed by atoms with van der Waals surface area (Å²) in [6.07, 6.45) is 1.58. The van der Waals surface area contributed by atoms with Crippen molar-refractivity contribution in [2.45, 2.75) is 44.7 Å². The maximum absolute atomic E-state index is 15.5. The summed E-state index contributed by atoms with van der Waals surface area (Å²) in [6, 6.07) is 17.7. The van der Waals surface area contributed by atoms with E-state index < -0.39 is 17.4 Å². The molecule has 138 valence electrons. The van der Waals surface area contributed by atoms with E-state index in [0.717, 1.165) is 12.0 Å². The highest BCUT2D eigenvalue weighted by Crippen LogP contribution is 2.34. The molecule has 0 saturated carbocycles. The number of hydrogen-bond acceptors (Lipinski definition) is 3. The van der Waals surface area contributed by atoms with E-state index in [2.05, 4.69) is 0 Å². The van der Waals surface area contributed by atoms with E-state index in [0.29, 0.717) is 12.0 Å². The molecule has 0 aromatic heterocycles. The monoisotopic (exact) mass is 356 g/mol. The van der Waals surface area contributed by atoms with Crippen LogP contribution in [0.15, 0.2) is 60.7 Å². The quantitative estimate of drug-likeness (QED) is 0.575. The number of rotatable bonds is 10. The van der Waals surface area contributed by atoms with Crippen LogP contribution in [-0.2, 0) is 26.4 Å². The molecular formula is C22H25FO3. The Labute approximate surface area is 154 Å². The molecule has 0 N–H and O–H groups in total. The number of halogens is 1. The fraction of sp³-hybridized carbons (Fsp3) is 0.364. The highest BCUT2D eigenvalue weighted by atomic mass is 19.1. The van der Waals surface area contributed by atoms with E-state index >= 15 is 4.39 Å². The summed E-state index contributed by atoms with van der Waals surface area (Å²) in [5.74, 6) is -0.952. The van der Waals surface area contributed by atoms with E-state index in [-0.39, 0.29) is 25.9 Å². The molecule has 0 aliphatic carbocycles. The van der Waals surface area contributed by atoms with Crippen LogP contribution in [-0.4, -0.2) is 18.4 Å². The molecule has 2 rings (SSSR count). The number of unbranched alkanes of at least 4 members (excludes halogenated alkanes) is 1. The molecule has 0 aliphatic heterocycles. The normalized spacial score (nSPS) is 13.0. The molecule has 0 radical (unpaired) electrons. The molecule has 0 heterocycles. The van der Waals surface area contributed by atoms with E-state index in [1.165, 1.54) is 0 Å². The van der Waals surface area contributed by atoms with Crippen LogP contribution < -0.4 is 0 Å². The van der Waals surface area contributed by atoms with Gasteiger partial charge in [0.05, 0.1) is 13.0 Å². The van der Waals surface area contributed by atoms with Gasteiger partial charge in [0.15, 0.2) is 11.5 Å². The van der Waals surface area contributed by atoms with E-state index in [4.69, 9.17) is 4.74 Å². The van der Waals surface area contributed by atoms with Crippen LogP contribution >= 0.6 is 0 Å². The summed E-state index contributed by atoms with van der Waals surface area (Å²) in [6.45, 7) is 1.86. The van der Waals surface area contributed by atoms with Crippen LogP contribution in [0.4, 0.5) is 4.39 Å². The summed E-state index contributed by atoms with van der Waals surface area (Å²) in [4.78, 5) is 24.4. The molecule has 0 saturated heterocycles. The number of ketones is 1. The zero-order chi connectivity index (χ0) is 18.8. The van der Waals surface area contributed by atoms with Crippen LogP contribution in [0.5, 0.6) is 0 Å². The summed E-state index contributed by atoms with van der Waals surface area (Å²) in [7, 11) is 0. The molecule has 1 atom stereocenters.